The predicted octanol–water partition coefficient (Wildman–Crippen LogP) is 4.32. The summed E-state index contributed by atoms with van der Waals surface area (Å²) in [6.07, 6.45) is 0.872. The molecule has 0 bridgehead atoms. The highest BCUT2D eigenvalue weighted by Gasteiger charge is 2.31. The lowest BCUT2D eigenvalue weighted by atomic mass is 10.1. The van der Waals surface area contributed by atoms with Gasteiger partial charge in [-0.25, -0.2) is 4.98 Å². The van der Waals surface area contributed by atoms with Gasteiger partial charge in [-0.05, 0) is 43.2 Å². The molecule has 7 heteroatoms. The van der Waals surface area contributed by atoms with Gasteiger partial charge in [0.05, 0.1) is 7.11 Å². The Kier molecular flexibility index (Phi) is 6.94. The number of benzene rings is 2. The zero-order valence-corrected chi connectivity index (χ0v) is 18.6. The van der Waals surface area contributed by atoms with Crippen molar-refractivity contribution in [2.45, 2.75) is 26.0 Å². The van der Waals surface area contributed by atoms with Crippen LogP contribution in [0.5, 0.6) is 5.75 Å². The van der Waals surface area contributed by atoms with Crippen LogP contribution in [0.15, 0.2) is 59.0 Å². The van der Waals surface area contributed by atoms with Crippen LogP contribution in [-0.4, -0.2) is 47.2 Å². The molecule has 4 rings (SSSR count). The Hall–Kier alpha value is -2.77. The molecule has 2 heterocycles. The molecule has 1 saturated heterocycles. The Labute approximate surface area is 186 Å². The molecule has 0 saturated carbocycles. The van der Waals surface area contributed by atoms with Gasteiger partial charge in [0, 0.05) is 23.7 Å². The lowest BCUT2D eigenvalue weighted by Gasteiger charge is -2.21. The summed E-state index contributed by atoms with van der Waals surface area (Å²) in [4.78, 5) is 18.6. The van der Waals surface area contributed by atoms with E-state index >= 15 is 0 Å². The fraction of sp³-hybridized carbons (Fsp3) is 0.333. The minimum atomic E-state index is -0.146. The van der Waals surface area contributed by atoms with E-state index in [1.807, 2.05) is 49.4 Å². The van der Waals surface area contributed by atoms with E-state index in [-0.39, 0.29) is 12.0 Å². The van der Waals surface area contributed by atoms with E-state index in [0.29, 0.717) is 12.5 Å². The van der Waals surface area contributed by atoms with E-state index in [1.54, 1.807) is 11.8 Å². The molecule has 1 aromatic heterocycles. The summed E-state index contributed by atoms with van der Waals surface area (Å²) in [6.45, 7) is 3.08. The Balaban J connectivity index is 1.30. The second-order valence-electron chi connectivity index (χ2n) is 7.42. The number of carbonyl (C=O) groups is 1. The van der Waals surface area contributed by atoms with Gasteiger partial charge in [-0.3, -0.25) is 9.69 Å². The van der Waals surface area contributed by atoms with Crippen molar-refractivity contribution in [3.05, 3.63) is 71.6 Å². The number of aryl methyl sites for hydroxylation is 1. The first-order chi connectivity index (χ1) is 15.1. The highest BCUT2D eigenvalue weighted by Crippen LogP contribution is 2.24. The third-order valence-corrected chi connectivity index (χ3v) is 6.41. The number of methoxy groups -OCH3 is 1. The smallest absolute Gasteiger partial charge is 0.323 e. The number of thioether (sulfide) groups is 1. The van der Waals surface area contributed by atoms with Crippen LogP contribution in [-0.2, 0) is 22.6 Å². The SMILES string of the molecule is COC(=O)C1CSCN1CCc1ccc(OCc2nc(-c3ccccc3)oc2C)cc1. The third-order valence-electron chi connectivity index (χ3n) is 5.35. The highest BCUT2D eigenvalue weighted by molar-refractivity contribution is 7.99. The number of aromatic nitrogens is 1. The largest absolute Gasteiger partial charge is 0.487 e. The van der Waals surface area contributed by atoms with Crippen LogP contribution in [0, 0.1) is 6.92 Å². The number of hydrogen-bond donors (Lipinski definition) is 0. The van der Waals surface area contributed by atoms with Crippen LogP contribution in [0.4, 0.5) is 0 Å². The van der Waals surface area contributed by atoms with Crippen LogP contribution >= 0.6 is 11.8 Å². The second-order valence-corrected chi connectivity index (χ2v) is 8.42. The first-order valence-corrected chi connectivity index (χ1v) is 11.4. The molecule has 0 aliphatic carbocycles. The molecular formula is C24H26N2O4S. The van der Waals surface area contributed by atoms with Crippen molar-refractivity contribution >= 4 is 17.7 Å². The minimum Gasteiger partial charge on any atom is -0.487 e. The van der Waals surface area contributed by atoms with E-state index in [2.05, 4.69) is 22.0 Å². The number of carbonyl (C=O) groups excluding carboxylic acids is 1. The molecule has 0 amide bonds. The van der Waals surface area contributed by atoms with Crippen LogP contribution in [0.2, 0.25) is 0 Å². The molecule has 6 nitrogen and oxygen atoms in total. The van der Waals surface area contributed by atoms with Crippen molar-refractivity contribution in [1.29, 1.82) is 0 Å². The molecule has 1 atom stereocenters. The van der Waals surface area contributed by atoms with E-state index in [9.17, 15) is 4.79 Å². The molecule has 0 N–H and O–H groups in total. The van der Waals surface area contributed by atoms with Crippen molar-refractivity contribution in [1.82, 2.24) is 9.88 Å². The number of esters is 1. The predicted molar refractivity (Wildman–Crippen MR) is 121 cm³/mol. The third kappa shape index (κ3) is 5.29. The van der Waals surface area contributed by atoms with Gasteiger partial charge in [0.25, 0.3) is 0 Å². The summed E-state index contributed by atoms with van der Waals surface area (Å²) in [6, 6.07) is 17.8. The van der Waals surface area contributed by atoms with Gasteiger partial charge in [-0.2, -0.15) is 0 Å². The molecule has 3 aromatic rings. The lowest BCUT2D eigenvalue weighted by molar-refractivity contribution is -0.145. The molecule has 1 aliphatic rings. The monoisotopic (exact) mass is 438 g/mol. The van der Waals surface area contributed by atoms with Gasteiger partial charge in [-0.15, -0.1) is 11.8 Å². The maximum absolute atomic E-state index is 11.9. The normalized spacial score (nSPS) is 16.4. The van der Waals surface area contributed by atoms with Crippen molar-refractivity contribution in [3.63, 3.8) is 0 Å². The van der Waals surface area contributed by atoms with Crippen molar-refractivity contribution in [2.24, 2.45) is 0 Å². The van der Waals surface area contributed by atoms with Crippen molar-refractivity contribution in [2.75, 3.05) is 25.3 Å². The summed E-state index contributed by atoms with van der Waals surface area (Å²) >= 11 is 1.77. The van der Waals surface area contributed by atoms with Gasteiger partial charge in [0.2, 0.25) is 5.89 Å². The lowest BCUT2D eigenvalue weighted by Crippen LogP contribution is -2.39. The molecule has 1 aliphatic heterocycles. The summed E-state index contributed by atoms with van der Waals surface area (Å²) < 4.78 is 16.6. The van der Waals surface area contributed by atoms with Gasteiger partial charge >= 0.3 is 5.97 Å². The number of oxazole rings is 1. The summed E-state index contributed by atoms with van der Waals surface area (Å²) in [5.74, 6) is 3.68. The number of hydrogen-bond acceptors (Lipinski definition) is 7. The van der Waals surface area contributed by atoms with Crippen molar-refractivity contribution in [3.8, 4) is 17.2 Å². The standard InChI is InChI=1S/C24H26N2O4S/c1-17-21(25-23(30-17)19-6-4-3-5-7-19)14-29-20-10-8-18(9-11-20)12-13-26-16-31-15-22(26)24(27)28-2/h3-11,22H,12-16H2,1-2H3. The molecule has 2 aromatic carbocycles. The Morgan fingerprint density at radius 2 is 1.97 bits per heavy atom. The zero-order valence-electron chi connectivity index (χ0n) is 17.7. The fourth-order valence-electron chi connectivity index (χ4n) is 3.49. The van der Waals surface area contributed by atoms with Crippen LogP contribution < -0.4 is 4.74 Å². The molecule has 0 radical (unpaired) electrons. The topological polar surface area (TPSA) is 64.8 Å². The van der Waals surface area contributed by atoms with Crippen LogP contribution in [0.1, 0.15) is 17.0 Å². The molecule has 1 fully saturated rings. The number of ether oxygens (including phenoxy) is 2. The maximum Gasteiger partial charge on any atom is 0.323 e. The molecule has 0 spiro atoms. The van der Waals surface area contributed by atoms with E-state index in [0.717, 1.165) is 47.4 Å². The maximum atomic E-state index is 11.9. The average molecular weight is 439 g/mol. The Bertz CT molecular complexity index is 1000. The average Bonchev–Trinajstić information content (AvgIpc) is 3.43. The van der Waals surface area contributed by atoms with Crippen LogP contribution in [0.3, 0.4) is 0 Å². The Morgan fingerprint density at radius 1 is 1.19 bits per heavy atom. The summed E-state index contributed by atoms with van der Waals surface area (Å²) in [7, 11) is 1.45. The van der Waals surface area contributed by atoms with Gasteiger partial charge < -0.3 is 13.9 Å². The van der Waals surface area contributed by atoms with E-state index in [1.165, 1.54) is 12.7 Å². The molecule has 162 valence electrons. The van der Waals surface area contributed by atoms with Crippen LogP contribution in [0.25, 0.3) is 11.5 Å². The molecule has 31 heavy (non-hydrogen) atoms. The second kappa shape index (κ2) is 10.0. The Morgan fingerprint density at radius 3 is 2.71 bits per heavy atom. The molecule has 1 unspecified atom stereocenters. The van der Waals surface area contributed by atoms with Gasteiger partial charge in [0.1, 0.15) is 29.9 Å². The fourth-order valence-corrected chi connectivity index (χ4v) is 4.71. The van der Waals surface area contributed by atoms with E-state index < -0.39 is 0 Å². The summed E-state index contributed by atoms with van der Waals surface area (Å²) in [5.41, 5.74) is 2.95. The first kappa shape index (κ1) is 21.5. The van der Waals surface area contributed by atoms with Gasteiger partial charge in [0.15, 0.2) is 0 Å². The van der Waals surface area contributed by atoms with E-state index in [4.69, 9.17) is 13.9 Å². The first-order valence-electron chi connectivity index (χ1n) is 10.3. The minimum absolute atomic E-state index is 0.135. The number of rotatable bonds is 8. The zero-order chi connectivity index (χ0) is 21.6. The molecular weight excluding hydrogens is 412 g/mol. The highest BCUT2D eigenvalue weighted by atomic mass is 32.2. The quantitative estimate of drug-likeness (QED) is 0.485. The summed E-state index contributed by atoms with van der Waals surface area (Å²) in [5, 5.41) is 0. The van der Waals surface area contributed by atoms with Gasteiger partial charge in [-0.1, -0.05) is 30.3 Å². The van der Waals surface area contributed by atoms with Crippen molar-refractivity contribution < 1.29 is 18.7 Å². The number of nitrogens with zero attached hydrogens (tertiary/aromatic N) is 2.